The molecule has 0 spiro atoms. The number of hydrogen-bond acceptors (Lipinski definition) is 0. The van der Waals surface area contributed by atoms with Gasteiger partial charge in [0, 0.05) is 0 Å². The van der Waals surface area contributed by atoms with Crippen LogP contribution >= 0.6 is 0 Å². The molecule has 2 aliphatic rings. The molecule has 0 unspecified atom stereocenters. The Labute approximate surface area is 192 Å². The molecule has 1 aromatic rings. The summed E-state index contributed by atoms with van der Waals surface area (Å²) in [6.07, 6.45) is 19.6. The predicted octanol–water partition coefficient (Wildman–Crippen LogP) is 9.29. The molecule has 0 amide bonds. The smallest absolute Gasteiger partial charge is 0.0827 e. The Kier molecular flexibility index (Phi) is 9.23. The minimum absolute atomic E-state index is 0.711. The second kappa shape index (κ2) is 11.7. The van der Waals surface area contributed by atoms with E-state index in [1.807, 2.05) is 0 Å². The van der Waals surface area contributed by atoms with E-state index in [9.17, 15) is 4.39 Å². The molecule has 174 valence electrons. The zero-order valence-corrected chi connectivity index (χ0v) is 21.0. The number of allylic oxidation sites excluding steroid dienone is 1. The van der Waals surface area contributed by atoms with Crippen LogP contribution in [0, 0.1) is 51.4 Å². The maximum Gasteiger partial charge on any atom is 0.0827 e. The average molecular weight is 427 g/mol. The third kappa shape index (κ3) is 6.45. The monoisotopic (exact) mass is 426 g/mol. The highest BCUT2D eigenvalue weighted by Gasteiger charge is 2.23. The molecule has 0 bridgehead atoms. The number of benzene rings is 1. The van der Waals surface area contributed by atoms with Crippen molar-refractivity contribution in [1.29, 1.82) is 0 Å². The van der Waals surface area contributed by atoms with Crippen molar-refractivity contribution < 1.29 is 4.39 Å². The van der Waals surface area contributed by atoms with Crippen LogP contribution in [0.5, 0.6) is 0 Å². The van der Waals surface area contributed by atoms with Crippen LogP contribution in [0.4, 0.5) is 4.39 Å². The molecule has 0 nitrogen and oxygen atoms in total. The average Bonchev–Trinajstić information content (AvgIpc) is 2.78. The second-order valence-corrected chi connectivity index (χ2v) is 11.1. The van der Waals surface area contributed by atoms with Gasteiger partial charge in [-0.25, -0.2) is 4.39 Å². The first-order valence-electron chi connectivity index (χ1n) is 13.2. The van der Waals surface area contributed by atoms with Crippen LogP contribution in [-0.4, -0.2) is 0 Å². The Morgan fingerprint density at radius 1 is 0.645 bits per heavy atom. The van der Waals surface area contributed by atoms with Gasteiger partial charge in [0.1, 0.15) is 0 Å². The molecule has 31 heavy (non-hydrogen) atoms. The van der Waals surface area contributed by atoms with E-state index in [0.717, 1.165) is 30.5 Å². The minimum atomic E-state index is 0.711. The number of hydrogen-bond donors (Lipinski definition) is 0. The first-order chi connectivity index (χ1) is 14.9. The summed E-state index contributed by atoms with van der Waals surface area (Å²) < 4.78 is 12.3. The standard InChI is InChI=1S/C30H47F/c1-21-8-10-27(11-9-21)16-18-29-22(2)24(4)30(25(5)23(29)3)19-17-28-14-12-26(13-15-28)7-6-20-31/h6,20-21,26-28H,7-19H2,1-5H3/b20-6+. The van der Waals surface area contributed by atoms with Crippen molar-refractivity contribution >= 4 is 0 Å². The number of rotatable bonds is 8. The maximum absolute atomic E-state index is 12.3. The van der Waals surface area contributed by atoms with Crippen molar-refractivity contribution in [1.82, 2.24) is 0 Å². The van der Waals surface area contributed by atoms with Gasteiger partial charge in [-0.05, 0) is 130 Å². The van der Waals surface area contributed by atoms with Crippen LogP contribution in [0.2, 0.25) is 0 Å². The molecule has 0 N–H and O–H groups in total. The molecule has 3 rings (SSSR count). The Balaban J connectivity index is 1.58. The van der Waals surface area contributed by atoms with Crippen LogP contribution < -0.4 is 0 Å². The van der Waals surface area contributed by atoms with E-state index < -0.39 is 0 Å². The highest BCUT2D eigenvalue weighted by molar-refractivity contribution is 5.50. The third-order valence-corrected chi connectivity index (χ3v) is 9.20. The molecule has 2 aliphatic carbocycles. The van der Waals surface area contributed by atoms with E-state index in [1.165, 1.54) is 77.0 Å². The normalized spacial score (nSPS) is 27.2. The van der Waals surface area contributed by atoms with Crippen molar-refractivity contribution in [2.75, 3.05) is 0 Å². The predicted molar refractivity (Wildman–Crippen MR) is 133 cm³/mol. The summed E-state index contributed by atoms with van der Waals surface area (Å²) in [7, 11) is 0. The van der Waals surface area contributed by atoms with Crippen LogP contribution in [0.3, 0.4) is 0 Å². The summed E-state index contributed by atoms with van der Waals surface area (Å²) in [5.41, 5.74) is 9.56. The fourth-order valence-electron chi connectivity index (χ4n) is 6.53. The molecular formula is C30H47F. The molecule has 2 fully saturated rings. The van der Waals surface area contributed by atoms with Crippen LogP contribution in [-0.2, 0) is 12.8 Å². The maximum atomic E-state index is 12.3. The van der Waals surface area contributed by atoms with Crippen molar-refractivity contribution in [3.63, 3.8) is 0 Å². The molecule has 1 aromatic carbocycles. The van der Waals surface area contributed by atoms with Crippen molar-refractivity contribution in [2.24, 2.45) is 23.7 Å². The van der Waals surface area contributed by atoms with Crippen molar-refractivity contribution in [3.05, 3.63) is 45.8 Å². The van der Waals surface area contributed by atoms with Gasteiger partial charge >= 0.3 is 0 Å². The van der Waals surface area contributed by atoms with E-state index in [0.29, 0.717) is 5.92 Å². The lowest BCUT2D eigenvalue weighted by molar-refractivity contribution is 0.264. The minimum Gasteiger partial charge on any atom is -0.216 e. The van der Waals surface area contributed by atoms with E-state index in [4.69, 9.17) is 0 Å². The van der Waals surface area contributed by atoms with Gasteiger partial charge in [-0.1, -0.05) is 51.5 Å². The van der Waals surface area contributed by atoms with E-state index >= 15 is 0 Å². The van der Waals surface area contributed by atoms with Crippen LogP contribution in [0.1, 0.15) is 111 Å². The van der Waals surface area contributed by atoms with Crippen LogP contribution in [0.15, 0.2) is 12.4 Å². The third-order valence-electron chi connectivity index (χ3n) is 9.20. The lowest BCUT2D eigenvalue weighted by Gasteiger charge is -2.29. The lowest BCUT2D eigenvalue weighted by atomic mass is 9.77. The van der Waals surface area contributed by atoms with Crippen LogP contribution in [0.25, 0.3) is 0 Å². The second-order valence-electron chi connectivity index (χ2n) is 11.1. The molecule has 0 heterocycles. The van der Waals surface area contributed by atoms with Gasteiger partial charge < -0.3 is 0 Å². The molecule has 0 radical (unpaired) electrons. The summed E-state index contributed by atoms with van der Waals surface area (Å²) in [5.74, 6) is 3.47. The Hall–Kier alpha value is -1.11. The lowest BCUT2D eigenvalue weighted by Crippen LogP contribution is -2.16. The molecule has 2 saturated carbocycles. The molecule has 1 heteroatoms. The molecule has 0 aromatic heterocycles. The largest absolute Gasteiger partial charge is 0.216 e. The molecular weight excluding hydrogens is 379 g/mol. The summed E-state index contributed by atoms with van der Waals surface area (Å²) in [5, 5.41) is 0. The fourth-order valence-corrected chi connectivity index (χ4v) is 6.53. The summed E-state index contributed by atoms with van der Waals surface area (Å²) in [6.45, 7) is 11.9. The van der Waals surface area contributed by atoms with Gasteiger partial charge in [-0.2, -0.15) is 0 Å². The van der Waals surface area contributed by atoms with Crippen molar-refractivity contribution in [2.45, 2.75) is 118 Å². The summed E-state index contributed by atoms with van der Waals surface area (Å²) in [6, 6.07) is 0. The van der Waals surface area contributed by atoms with Crippen molar-refractivity contribution in [3.8, 4) is 0 Å². The number of halogens is 1. The van der Waals surface area contributed by atoms with Gasteiger partial charge in [0.15, 0.2) is 0 Å². The Morgan fingerprint density at radius 2 is 1.03 bits per heavy atom. The van der Waals surface area contributed by atoms with Gasteiger partial charge in [-0.3, -0.25) is 0 Å². The van der Waals surface area contributed by atoms with E-state index in [-0.39, 0.29) is 0 Å². The highest BCUT2D eigenvalue weighted by Crippen LogP contribution is 2.36. The Bertz CT molecular complexity index is 698. The zero-order chi connectivity index (χ0) is 22.4. The van der Waals surface area contributed by atoms with E-state index in [1.54, 1.807) is 39.5 Å². The summed E-state index contributed by atoms with van der Waals surface area (Å²) in [4.78, 5) is 0. The molecule has 0 saturated heterocycles. The fraction of sp³-hybridized carbons (Fsp3) is 0.733. The van der Waals surface area contributed by atoms with Gasteiger partial charge in [0.2, 0.25) is 0 Å². The SMILES string of the molecule is Cc1c(C)c(CCC2CCC(C/C=C/F)CC2)c(C)c(C)c1CCC1CCC(C)CC1. The quantitative estimate of drug-likeness (QED) is 0.388. The zero-order valence-electron chi connectivity index (χ0n) is 21.0. The topological polar surface area (TPSA) is 0 Å². The first kappa shape index (κ1) is 24.5. The first-order valence-corrected chi connectivity index (χ1v) is 13.2. The van der Waals surface area contributed by atoms with Gasteiger partial charge in [-0.15, -0.1) is 0 Å². The molecule has 0 atom stereocenters. The van der Waals surface area contributed by atoms with E-state index in [2.05, 4.69) is 34.6 Å². The summed E-state index contributed by atoms with van der Waals surface area (Å²) >= 11 is 0. The van der Waals surface area contributed by atoms with Gasteiger partial charge in [0.25, 0.3) is 0 Å². The van der Waals surface area contributed by atoms with Gasteiger partial charge in [0.05, 0.1) is 6.33 Å². The molecule has 0 aliphatic heterocycles. The Morgan fingerprint density at radius 3 is 1.45 bits per heavy atom. The highest BCUT2D eigenvalue weighted by atomic mass is 19.1.